The maximum atomic E-state index is 12.3. The van der Waals surface area contributed by atoms with E-state index in [0.717, 1.165) is 28.4 Å². The summed E-state index contributed by atoms with van der Waals surface area (Å²) in [5.74, 6) is -0.770. The van der Waals surface area contributed by atoms with Crippen LogP contribution in [0, 0.1) is 0 Å². The molecule has 0 bridgehead atoms. The Morgan fingerprint density at radius 2 is 1.73 bits per heavy atom. The molecule has 152 valence electrons. The minimum absolute atomic E-state index is 0.0983. The average molecular weight is 402 g/mol. The Hall–Kier alpha value is -3.67. The third-order valence-corrected chi connectivity index (χ3v) is 5.18. The van der Waals surface area contributed by atoms with Gasteiger partial charge in [0.05, 0.1) is 0 Å². The molecule has 1 heterocycles. The van der Waals surface area contributed by atoms with Gasteiger partial charge in [-0.25, -0.2) is 0 Å². The zero-order chi connectivity index (χ0) is 20.9. The largest absolute Gasteiger partial charge is 0.459 e. The van der Waals surface area contributed by atoms with E-state index in [0.29, 0.717) is 18.5 Å². The number of hydrogen-bond donors (Lipinski definition) is 1. The summed E-state index contributed by atoms with van der Waals surface area (Å²) in [4.78, 5) is 37.9. The molecule has 1 fully saturated rings. The lowest BCUT2D eigenvalue weighted by molar-refractivity contribution is -0.143. The molecule has 4 rings (SSSR count). The zero-order valence-electron chi connectivity index (χ0n) is 16.5. The molecule has 30 heavy (non-hydrogen) atoms. The first-order valence-corrected chi connectivity index (χ1v) is 9.93. The maximum absolute atomic E-state index is 12.3. The summed E-state index contributed by atoms with van der Waals surface area (Å²) in [6, 6.07) is 20.5. The van der Waals surface area contributed by atoms with E-state index < -0.39 is 5.97 Å². The minimum atomic E-state index is -0.504. The predicted octanol–water partition coefficient (Wildman–Crippen LogP) is 3.44. The Labute approximate surface area is 174 Å². The van der Waals surface area contributed by atoms with Crippen LogP contribution in [-0.2, 0) is 20.9 Å². The molecule has 3 aromatic carbocycles. The molecule has 0 unspecified atom stereocenters. The quantitative estimate of drug-likeness (QED) is 0.641. The van der Waals surface area contributed by atoms with E-state index in [-0.39, 0.29) is 25.0 Å². The summed E-state index contributed by atoms with van der Waals surface area (Å²) in [5, 5.41) is 4.69. The molecular weight excluding hydrogens is 380 g/mol. The second-order valence-electron chi connectivity index (χ2n) is 7.18. The van der Waals surface area contributed by atoms with Gasteiger partial charge in [0.15, 0.2) is 0 Å². The molecule has 1 aliphatic rings. The molecule has 6 heteroatoms. The number of carbonyl (C=O) groups excluding carboxylic acids is 3. The number of carbonyl (C=O) groups is 3. The fraction of sp³-hybridized carbons (Fsp3) is 0.208. The fourth-order valence-electron chi connectivity index (χ4n) is 3.60. The van der Waals surface area contributed by atoms with Crippen LogP contribution in [-0.4, -0.2) is 30.9 Å². The molecule has 1 N–H and O–H groups in total. The molecule has 3 aromatic rings. The smallest absolute Gasteiger partial charge is 0.325 e. The molecular formula is C24H22N2O4. The molecule has 1 aliphatic heterocycles. The van der Waals surface area contributed by atoms with Gasteiger partial charge in [0.2, 0.25) is 5.91 Å². The van der Waals surface area contributed by atoms with Gasteiger partial charge in [0.1, 0.15) is 13.2 Å². The van der Waals surface area contributed by atoms with Crippen molar-refractivity contribution in [2.24, 2.45) is 0 Å². The van der Waals surface area contributed by atoms with E-state index in [4.69, 9.17) is 4.74 Å². The van der Waals surface area contributed by atoms with Crippen LogP contribution in [0.3, 0.4) is 0 Å². The number of fused-ring (bicyclic) bond motifs is 1. The fourth-order valence-corrected chi connectivity index (χ4v) is 3.60. The van der Waals surface area contributed by atoms with Crippen molar-refractivity contribution in [3.05, 3.63) is 77.9 Å². The minimum Gasteiger partial charge on any atom is -0.459 e. The Bertz CT molecular complexity index is 1090. The van der Waals surface area contributed by atoms with Crippen LogP contribution in [0.1, 0.15) is 28.8 Å². The van der Waals surface area contributed by atoms with Crippen LogP contribution in [0.25, 0.3) is 10.8 Å². The highest BCUT2D eigenvalue weighted by Crippen LogP contribution is 2.22. The number of rotatable bonds is 6. The van der Waals surface area contributed by atoms with Gasteiger partial charge in [0, 0.05) is 24.2 Å². The van der Waals surface area contributed by atoms with Crippen molar-refractivity contribution >= 4 is 34.2 Å². The molecule has 0 spiro atoms. The number of hydrogen-bond acceptors (Lipinski definition) is 4. The van der Waals surface area contributed by atoms with E-state index in [1.54, 1.807) is 29.2 Å². The van der Waals surface area contributed by atoms with E-state index in [1.165, 1.54) is 0 Å². The highest BCUT2D eigenvalue weighted by Gasteiger charge is 2.21. The van der Waals surface area contributed by atoms with Gasteiger partial charge < -0.3 is 15.0 Å². The molecule has 0 aromatic heterocycles. The lowest BCUT2D eigenvalue weighted by atomic mass is 10.1. The van der Waals surface area contributed by atoms with Crippen molar-refractivity contribution in [2.45, 2.75) is 19.4 Å². The number of nitrogens with one attached hydrogen (secondary N) is 1. The maximum Gasteiger partial charge on any atom is 0.325 e. The van der Waals surface area contributed by atoms with Gasteiger partial charge in [0.25, 0.3) is 5.91 Å². The standard InChI is InChI=1S/C24H22N2O4/c27-22-9-4-14-26(22)20-12-10-18(11-13-20)24(29)25-15-23(28)30-16-19-7-3-6-17-5-1-2-8-21(17)19/h1-3,5-8,10-13H,4,9,14-16H2,(H,25,29). The third kappa shape index (κ3) is 4.33. The number of nitrogens with zero attached hydrogens (tertiary/aromatic N) is 1. The van der Waals surface area contributed by atoms with E-state index in [2.05, 4.69) is 5.32 Å². The summed E-state index contributed by atoms with van der Waals surface area (Å²) in [6.07, 6.45) is 1.41. The van der Waals surface area contributed by atoms with Crippen LogP contribution in [0.5, 0.6) is 0 Å². The zero-order valence-corrected chi connectivity index (χ0v) is 16.5. The van der Waals surface area contributed by atoms with Gasteiger partial charge in [-0.3, -0.25) is 14.4 Å². The predicted molar refractivity (Wildman–Crippen MR) is 114 cm³/mol. The van der Waals surface area contributed by atoms with Crippen molar-refractivity contribution in [1.29, 1.82) is 0 Å². The van der Waals surface area contributed by atoms with Crippen LogP contribution in [0.15, 0.2) is 66.7 Å². The number of ether oxygens (including phenoxy) is 1. The summed E-state index contributed by atoms with van der Waals surface area (Å²) in [7, 11) is 0. The van der Waals surface area contributed by atoms with E-state index in [9.17, 15) is 14.4 Å². The van der Waals surface area contributed by atoms with Crippen LogP contribution in [0.2, 0.25) is 0 Å². The monoisotopic (exact) mass is 402 g/mol. The molecule has 2 amide bonds. The van der Waals surface area contributed by atoms with Gasteiger partial charge >= 0.3 is 5.97 Å². The molecule has 0 radical (unpaired) electrons. The Balaban J connectivity index is 1.29. The van der Waals surface area contributed by atoms with E-state index >= 15 is 0 Å². The van der Waals surface area contributed by atoms with Gasteiger partial charge in [-0.15, -0.1) is 0 Å². The average Bonchev–Trinajstić information content (AvgIpc) is 3.22. The molecule has 0 atom stereocenters. The molecule has 6 nitrogen and oxygen atoms in total. The third-order valence-electron chi connectivity index (χ3n) is 5.18. The van der Waals surface area contributed by atoms with Crippen molar-refractivity contribution in [3.63, 3.8) is 0 Å². The van der Waals surface area contributed by atoms with Crippen LogP contribution in [0.4, 0.5) is 5.69 Å². The number of benzene rings is 3. The lowest BCUT2D eigenvalue weighted by Crippen LogP contribution is -2.30. The second kappa shape index (κ2) is 8.78. The van der Waals surface area contributed by atoms with Gasteiger partial charge in [-0.1, -0.05) is 42.5 Å². The van der Waals surface area contributed by atoms with Crippen LogP contribution >= 0.6 is 0 Å². The first-order chi connectivity index (χ1) is 14.6. The summed E-state index contributed by atoms with van der Waals surface area (Å²) in [6.45, 7) is 0.636. The topological polar surface area (TPSA) is 75.7 Å². The van der Waals surface area contributed by atoms with Crippen molar-refractivity contribution in [3.8, 4) is 0 Å². The Kier molecular flexibility index (Phi) is 5.75. The Morgan fingerprint density at radius 3 is 2.50 bits per heavy atom. The highest BCUT2D eigenvalue weighted by atomic mass is 16.5. The van der Waals surface area contributed by atoms with Gasteiger partial charge in [-0.2, -0.15) is 0 Å². The van der Waals surface area contributed by atoms with Crippen LogP contribution < -0.4 is 10.2 Å². The van der Waals surface area contributed by atoms with Gasteiger partial charge in [-0.05, 0) is 47.0 Å². The summed E-state index contributed by atoms with van der Waals surface area (Å²) >= 11 is 0. The lowest BCUT2D eigenvalue weighted by Gasteiger charge is -2.15. The normalized spacial score (nSPS) is 13.5. The number of esters is 1. The first-order valence-electron chi connectivity index (χ1n) is 9.93. The Morgan fingerprint density at radius 1 is 0.967 bits per heavy atom. The summed E-state index contributed by atoms with van der Waals surface area (Å²) < 4.78 is 5.32. The molecule has 0 aliphatic carbocycles. The van der Waals surface area contributed by atoms with Crippen molar-refractivity contribution in [2.75, 3.05) is 18.0 Å². The first kappa shape index (κ1) is 19.6. The molecule has 0 saturated carbocycles. The van der Waals surface area contributed by atoms with Crippen molar-refractivity contribution < 1.29 is 19.1 Å². The van der Waals surface area contributed by atoms with Crippen molar-refractivity contribution in [1.82, 2.24) is 5.32 Å². The second-order valence-corrected chi connectivity index (χ2v) is 7.18. The molecule has 1 saturated heterocycles. The summed E-state index contributed by atoms with van der Waals surface area (Å²) in [5.41, 5.74) is 2.12. The SMILES string of the molecule is O=C(CNC(=O)c1ccc(N2CCCC2=O)cc1)OCc1cccc2ccccc12. The van der Waals surface area contributed by atoms with E-state index in [1.807, 2.05) is 42.5 Å². The number of amides is 2. The number of anilines is 1. The highest BCUT2D eigenvalue weighted by molar-refractivity contribution is 5.98.